The van der Waals surface area contributed by atoms with E-state index in [2.05, 4.69) is 48.1 Å². The van der Waals surface area contributed by atoms with Crippen molar-refractivity contribution in [2.45, 2.75) is 48.0 Å². The molecule has 0 aromatic rings. The molecule has 0 aromatic carbocycles. The molecule has 0 aliphatic heterocycles. The van der Waals surface area contributed by atoms with Gasteiger partial charge in [0.05, 0.1) is 0 Å². The van der Waals surface area contributed by atoms with Crippen LogP contribution in [0.4, 0.5) is 0 Å². The van der Waals surface area contributed by atoms with E-state index in [0.29, 0.717) is 0 Å². The Morgan fingerprint density at radius 1 is 1.08 bits per heavy atom. The second-order valence-electron chi connectivity index (χ2n) is 3.42. The highest BCUT2D eigenvalue weighted by atomic mass is 14.0. The van der Waals surface area contributed by atoms with E-state index >= 15 is 0 Å². The Labute approximate surface area is 84.1 Å². The molecule has 0 nitrogen and oxygen atoms in total. The summed E-state index contributed by atoms with van der Waals surface area (Å²) in [5.41, 5.74) is 4.03. The molecule has 0 bridgehead atoms. The highest BCUT2D eigenvalue weighted by Gasteiger charge is 1.91. The summed E-state index contributed by atoms with van der Waals surface area (Å²) < 4.78 is 0. The van der Waals surface area contributed by atoms with Crippen molar-refractivity contribution < 1.29 is 0 Å². The fourth-order valence-corrected chi connectivity index (χ4v) is 0.696. The summed E-state index contributed by atoms with van der Waals surface area (Å²) in [6, 6.07) is 0. The van der Waals surface area contributed by atoms with Gasteiger partial charge in [-0.15, -0.1) is 0 Å². The first-order chi connectivity index (χ1) is 6.01. The predicted molar refractivity (Wildman–Crippen MR) is 64.0 cm³/mol. The van der Waals surface area contributed by atoms with Gasteiger partial charge in [0.25, 0.3) is 0 Å². The second-order valence-corrected chi connectivity index (χ2v) is 3.42. The zero-order valence-electron chi connectivity index (χ0n) is 10.1. The molecule has 0 rings (SSSR count). The normalized spacial score (nSPS) is 9.85. The molecule has 0 radical (unpaired) electrons. The zero-order chi connectivity index (χ0) is 10.9. The van der Waals surface area contributed by atoms with Gasteiger partial charge in [-0.2, -0.15) is 0 Å². The molecule has 0 saturated heterocycles. The van der Waals surface area contributed by atoms with Crippen LogP contribution in [-0.4, -0.2) is 0 Å². The van der Waals surface area contributed by atoms with Crippen molar-refractivity contribution in [3.8, 4) is 0 Å². The Morgan fingerprint density at radius 3 is 1.69 bits per heavy atom. The molecule has 0 amide bonds. The van der Waals surface area contributed by atoms with Crippen molar-refractivity contribution in [2.24, 2.45) is 0 Å². The van der Waals surface area contributed by atoms with Crippen LogP contribution in [0.3, 0.4) is 0 Å². The van der Waals surface area contributed by atoms with Gasteiger partial charge in [-0.1, -0.05) is 44.6 Å². The number of hydrogen-bond donors (Lipinski definition) is 0. The van der Waals surface area contributed by atoms with Gasteiger partial charge in [0.15, 0.2) is 0 Å². The summed E-state index contributed by atoms with van der Waals surface area (Å²) in [5.74, 6) is 0. The van der Waals surface area contributed by atoms with E-state index in [1.165, 1.54) is 23.1 Å². The Morgan fingerprint density at radius 2 is 1.46 bits per heavy atom. The van der Waals surface area contributed by atoms with E-state index in [-0.39, 0.29) is 0 Å². The average molecular weight is 180 g/mol. The summed E-state index contributed by atoms with van der Waals surface area (Å²) in [6.07, 6.45) is 5.10. The lowest BCUT2D eigenvalue weighted by Gasteiger charge is -2.01. The topological polar surface area (TPSA) is 0 Å². The van der Waals surface area contributed by atoms with Crippen LogP contribution in [0.2, 0.25) is 0 Å². The van der Waals surface area contributed by atoms with Crippen molar-refractivity contribution in [3.05, 3.63) is 35.5 Å². The van der Waals surface area contributed by atoms with Crippen LogP contribution in [0.25, 0.3) is 0 Å². The van der Waals surface area contributed by atoms with Crippen LogP contribution < -0.4 is 0 Å². The van der Waals surface area contributed by atoms with Crippen LogP contribution in [-0.2, 0) is 0 Å². The minimum absolute atomic E-state index is 1.25. The smallest absolute Gasteiger partial charge is 0.0395 e. The van der Waals surface area contributed by atoms with E-state index in [1.54, 1.807) is 0 Å². The van der Waals surface area contributed by atoms with Gasteiger partial charge < -0.3 is 0 Å². The molecule has 76 valence electrons. The van der Waals surface area contributed by atoms with E-state index in [0.717, 1.165) is 0 Å². The zero-order valence-corrected chi connectivity index (χ0v) is 10.1. The Hall–Kier alpha value is -0.780. The molecule has 0 saturated carbocycles. The standard InChI is InChI=1S/C10H16.C3H8/c1-6-7-9(4)10(5)8(2)3;1-3-2/h6-7H,1H2,2-5H3;3H2,1-2H3/b9-7-;. The third-order valence-corrected chi connectivity index (χ3v) is 1.71. The van der Waals surface area contributed by atoms with Crippen molar-refractivity contribution in [1.29, 1.82) is 0 Å². The SMILES string of the molecule is C=C/C=C(/C)C(C)=C(C)C.CCC. The van der Waals surface area contributed by atoms with Crippen LogP contribution in [0, 0.1) is 0 Å². The lowest BCUT2D eigenvalue weighted by Crippen LogP contribution is -1.81. The molecular formula is C13H24. The third-order valence-electron chi connectivity index (χ3n) is 1.71. The molecule has 0 spiro atoms. The summed E-state index contributed by atoms with van der Waals surface area (Å²) in [5, 5.41) is 0. The molecule has 0 fully saturated rings. The van der Waals surface area contributed by atoms with E-state index in [1.807, 2.05) is 12.2 Å². The van der Waals surface area contributed by atoms with Crippen molar-refractivity contribution in [2.75, 3.05) is 0 Å². The maximum absolute atomic E-state index is 3.64. The van der Waals surface area contributed by atoms with E-state index < -0.39 is 0 Å². The third kappa shape index (κ3) is 9.13. The maximum atomic E-state index is 3.64. The Bertz CT molecular complexity index is 188. The summed E-state index contributed by atoms with van der Waals surface area (Å²) in [7, 11) is 0. The van der Waals surface area contributed by atoms with Gasteiger partial charge in [-0.25, -0.2) is 0 Å². The van der Waals surface area contributed by atoms with Gasteiger partial charge >= 0.3 is 0 Å². The fraction of sp³-hybridized carbons (Fsp3) is 0.538. The molecule has 0 atom stereocenters. The van der Waals surface area contributed by atoms with Crippen LogP contribution in [0.5, 0.6) is 0 Å². The van der Waals surface area contributed by atoms with Crippen LogP contribution in [0.15, 0.2) is 35.5 Å². The molecule has 0 aliphatic rings. The Kier molecular flexibility index (Phi) is 10.5. The average Bonchev–Trinajstić information content (AvgIpc) is 2.04. The quantitative estimate of drug-likeness (QED) is 0.531. The highest BCUT2D eigenvalue weighted by molar-refractivity contribution is 5.32. The molecule has 0 heterocycles. The van der Waals surface area contributed by atoms with Gasteiger partial charge in [0.2, 0.25) is 0 Å². The predicted octanol–water partition coefficient (Wildman–Crippen LogP) is 4.89. The largest absolute Gasteiger partial charge is 0.0991 e. The molecule has 0 heteroatoms. The first-order valence-electron chi connectivity index (χ1n) is 4.94. The van der Waals surface area contributed by atoms with Gasteiger partial charge in [-0.3, -0.25) is 0 Å². The highest BCUT2D eigenvalue weighted by Crippen LogP contribution is 2.12. The van der Waals surface area contributed by atoms with Gasteiger partial charge in [0, 0.05) is 0 Å². The first-order valence-corrected chi connectivity index (χ1v) is 4.94. The van der Waals surface area contributed by atoms with Crippen molar-refractivity contribution in [1.82, 2.24) is 0 Å². The van der Waals surface area contributed by atoms with Crippen molar-refractivity contribution >= 4 is 0 Å². The lowest BCUT2D eigenvalue weighted by atomic mass is 10.1. The monoisotopic (exact) mass is 180 g/mol. The molecule has 13 heavy (non-hydrogen) atoms. The minimum atomic E-state index is 1.25. The van der Waals surface area contributed by atoms with E-state index in [9.17, 15) is 0 Å². The lowest BCUT2D eigenvalue weighted by molar-refractivity contribution is 1.09. The van der Waals surface area contributed by atoms with Crippen molar-refractivity contribution in [3.63, 3.8) is 0 Å². The number of allylic oxidation sites excluding steroid dienone is 5. The molecular weight excluding hydrogens is 156 g/mol. The number of rotatable bonds is 2. The van der Waals surface area contributed by atoms with Crippen LogP contribution >= 0.6 is 0 Å². The first kappa shape index (κ1) is 14.7. The molecule has 0 N–H and O–H groups in total. The summed E-state index contributed by atoms with van der Waals surface area (Å²) in [6.45, 7) is 16.4. The second kappa shape index (κ2) is 9.31. The Balaban J connectivity index is 0. The van der Waals surface area contributed by atoms with Crippen LogP contribution in [0.1, 0.15) is 48.0 Å². The summed E-state index contributed by atoms with van der Waals surface area (Å²) in [4.78, 5) is 0. The van der Waals surface area contributed by atoms with E-state index in [4.69, 9.17) is 0 Å². The molecule has 0 aromatic heterocycles. The fourth-order valence-electron chi connectivity index (χ4n) is 0.696. The molecule has 0 aliphatic carbocycles. The minimum Gasteiger partial charge on any atom is -0.0991 e. The summed E-state index contributed by atoms with van der Waals surface area (Å²) >= 11 is 0. The maximum Gasteiger partial charge on any atom is -0.0395 e. The van der Waals surface area contributed by atoms with Gasteiger partial charge in [-0.05, 0) is 38.8 Å². The molecule has 0 unspecified atom stereocenters. The van der Waals surface area contributed by atoms with Gasteiger partial charge in [0.1, 0.15) is 0 Å². The number of hydrogen-bond acceptors (Lipinski definition) is 0.